The van der Waals surface area contributed by atoms with E-state index in [4.69, 9.17) is 0 Å². The number of hydrogen-bond acceptors (Lipinski definition) is 1. The quantitative estimate of drug-likeness (QED) is 0.554. The van der Waals surface area contributed by atoms with Crippen LogP contribution in [0.3, 0.4) is 0 Å². The summed E-state index contributed by atoms with van der Waals surface area (Å²) >= 11 is 0. The summed E-state index contributed by atoms with van der Waals surface area (Å²) in [7, 11) is 0. The van der Waals surface area contributed by atoms with E-state index in [9.17, 15) is 0 Å². The van der Waals surface area contributed by atoms with Gasteiger partial charge in [0.25, 0.3) is 0 Å². The van der Waals surface area contributed by atoms with Crippen LogP contribution in [0.4, 0.5) is 0 Å². The maximum Gasteiger partial charge on any atom is -0.00464 e. The molecule has 0 aromatic carbocycles. The zero-order valence-electron chi connectivity index (χ0n) is 6.02. The molecular weight excluding hydrogens is 134 g/mol. The second-order valence-electron chi connectivity index (χ2n) is 2.79. The van der Waals surface area contributed by atoms with Crippen LogP contribution in [0.5, 0.6) is 0 Å². The molecule has 56 valence electrons. The largest absolute Gasteiger partial charge is 0.317 e. The maximum atomic E-state index is 3.38. The summed E-state index contributed by atoms with van der Waals surface area (Å²) in [4.78, 5) is 0. The van der Waals surface area contributed by atoms with E-state index in [1.54, 1.807) is 0 Å². The molecule has 1 saturated heterocycles. The summed E-state index contributed by atoms with van der Waals surface area (Å²) in [5.74, 6) is 0.963. The van der Waals surface area contributed by atoms with Crippen LogP contribution in [0.1, 0.15) is 26.2 Å². The lowest BCUT2D eigenvalue weighted by Crippen LogP contribution is -2.13. The van der Waals surface area contributed by atoms with Crippen LogP contribution in [0.2, 0.25) is 0 Å². The van der Waals surface area contributed by atoms with Gasteiger partial charge >= 0.3 is 0 Å². The fourth-order valence-electron chi connectivity index (χ4n) is 1.19. The molecule has 1 nitrogen and oxygen atoms in total. The lowest BCUT2D eigenvalue weighted by atomic mass is 10.0. The molecule has 0 unspecified atom stereocenters. The monoisotopic (exact) mass is 149 g/mol. The summed E-state index contributed by atoms with van der Waals surface area (Å²) in [5, 5.41) is 3.38. The highest BCUT2D eigenvalue weighted by atomic mass is 35.5. The van der Waals surface area contributed by atoms with Crippen LogP contribution in [0, 0.1) is 5.92 Å². The lowest BCUT2D eigenvalue weighted by Gasteiger charge is -2.02. The van der Waals surface area contributed by atoms with Crippen LogP contribution >= 0.6 is 12.4 Å². The van der Waals surface area contributed by atoms with Crippen molar-refractivity contribution in [1.29, 1.82) is 0 Å². The molecule has 1 aliphatic heterocycles. The number of nitrogens with one attached hydrogen (secondary N) is 1. The molecule has 0 aromatic heterocycles. The van der Waals surface area contributed by atoms with Gasteiger partial charge in [-0.1, -0.05) is 6.92 Å². The first kappa shape index (κ1) is 9.25. The first-order chi connectivity index (χ1) is 3.89. The van der Waals surface area contributed by atoms with Crippen molar-refractivity contribution in [3.63, 3.8) is 0 Å². The van der Waals surface area contributed by atoms with E-state index in [1.165, 1.54) is 32.4 Å². The van der Waals surface area contributed by atoms with Crippen molar-refractivity contribution in [3.05, 3.63) is 0 Å². The van der Waals surface area contributed by atoms with E-state index in [0.717, 1.165) is 5.92 Å². The van der Waals surface area contributed by atoms with Gasteiger partial charge in [-0.25, -0.2) is 0 Å². The molecule has 1 heterocycles. The third-order valence-corrected chi connectivity index (χ3v) is 1.86. The van der Waals surface area contributed by atoms with Crippen molar-refractivity contribution >= 4 is 12.4 Å². The second kappa shape index (κ2) is 5.07. The molecule has 0 saturated carbocycles. The van der Waals surface area contributed by atoms with Crippen LogP contribution in [-0.2, 0) is 0 Å². The van der Waals surface area contributed by atoms with Crippen molar-refractivity contribution in [2.45, 2.75) is 26.2 Å². The molecule has 9 heavy (non-hydrogen) atoms. The van der Waals surface area contributed by atoms with E-state index >= 15 is 0 Å². The van der Waals surface area contributed by atoms with Crippen LogP contribution in [0.15, 0.2) is 0 Å². The van der Waals surface area contributed by atoms with E-state index in [1.807, 2.05) is 0 Å². The lowest BCUT2D eigenvalue weighted by molar-refractivity contribution is 0.519. The molecule has 0 amide bonds. The fourth-order valence-corrected chi connectivity index (χ4v) is 1.19. The average Bonchev–Trinajstić information content (AvgIpc) is 1.94. The fraction of sp³-hybridized carbons (Fsp3) is 1.00. The molecule has 0 aliphatic carbocycles. The molecule has 0 aromatic rings. The molecule has 1 aliphatic rings. The van der Waals surface area contributed by atoms with Gasteiger partial charge in [0.2, 0.25) is 0 Å². The minimum Gasteiger partial charge on any atom is -0.317 e. The van der Waals surface area contributed by atoms with Crippen molar-refractivity contribution < 1.29 is 0 Å². The predicted molar refractivity (Wildman–Crippen MR) is 43.1 cm³/mol. The van der Waals surface area contributed by atoms with Crippen LogP contribution in [-0.4, -0.2) is 13.1 Å². The molecule has 0 spiro atoms. The Balaban J connectivity index is 0.000000640. The smallest absolute Gasteiger partial charge is 0.00464 e. The molecule has 1 atom stereocenters. The Morgan fingerprint density at radius 2 is 2.00 bits per heavy atom. The third kappa shape index (κ3) is 3.77. The van der Waals surface area contributed by atoms with Crippen LogP contribution in [0.25, 0.3) is 0 Å². The maximum absolute atomic E-state index is 3.38. The number of hydrogen-bond donors (Lipinski definition) is 1. The van der Waals surface area contributed by atoms with Crippen LogP contribution < -0.4 is 5.32 Å². The molecular formula is C7H16ClN. The third-order valence-electron chi connectivity index (χ3n) is 1.86. The minimum absolute atomic E-state index is 0. The van der Waals surface area contributed by atoms with Gasteiger partial charge in [0.1, 0.15) is 0 Å². The molecule has 1 fully saturated rings. The van der Waals surface area contributed by atoms with Gasteiger partial charge in [-0.2, -0.15) is 0 Å². The first-order valence-corrected chi connectivity index (χ1v) is 3.60. The summed E-state index contributed by atoms with van der Waals surface area (Å²) in [6, 6.07) is 0. The van der Waals surface area contributed by atoms with Crippen molar-refractivity contribution in [3.8, 4) is 0 Å². The first-order valence-electron chi connectivity index (χ1n) is 3.60. The van der Waals surface area contributed by atoms with E-state index in [2.05, 4.69) is 12.2 Å². The Labute approximate surface area is 63.6 Å². The topological polar surface area (TPSA) is 12.0 Å². The van der Waals surface area contributed by atoms with Gasteiger partial charge in [-0.15, -0.1) is 12.4 Å². The van der Waals surface area contributed by atoms with Gasteiger partial charge in [-0.05, 0) is 38.3 Å². The van der Waals surface area contributed by atoms with Crippen molar-refractivity contribution in [1.82, 2.24) is 5.32 Å². The standard InChI is InChI=1S/C7H15N.ClH/c1-7-3-2-5-8-6-4-7;/h7-8H,2-6H2,1H3;1H/t7-;/m0./s1. The highest BCUT2D eigenvalue weighted by molar-refractivity contribution is 5.85. The van der Waals surface area contributed by atoms with Gasteiger partial charge in [-0.3, -0.25) is 0 Å². The molecule has 2 heteroatoms. The van der Waals surface area contributed by atoms with E-state index in [0.29, 0.717) is 0 Å². The van der Waals surface area contributed by atoms with E-state index < -0.39 is 0 Å². The summed E-state index contributed by atoms with van der Waals surface area (Å²) in [5.41, 5.74) is 0. The predicted octanol–water partition coefficient (Wildman–Crippen LogP) is 1.82. The molecule has 1 rings (SSSR count). The SMILES string of the molecule is C[C@H]1CCCNCC1.Cl. The zero-order chi connectivity index (χ0) is 5.82. The van der Waals surface area contributed by atoms with Gasteiger partial charge in [0, 0.05) is 0 Å². The van der Waals surface area contributed by atoms with Gasteiger partial charge in [0.05, 0.1) is 0 Å². The Morgan fingerprint density at radius 1 is 1.22 bits per heavy atom. The molecule has 1 N–H and O–H groups in total. The second-order valence-corrected chi connectivity index (χ2v) is 2.79. The zero-order valence-corrected chi connectivity index (χ0v) is 6.84. The van der Waals surface area contributed by atoms with E-state index in [-0.39, 0.29) is 12.4 Å². The Morgan fingerprint density at radius 3 is 2.78 bits per heavy atom. The Bertz CT molecular complexity index is 57.9. The number of rotatable bonds is 0. The number of halogens is 1. The highest BCUT2D eigenvalue weighted by Crippen LogP contribution is 2.10. The normalized spacial score (nSPS) is 28.3. The highest BCUT2D eigenvalue weighted by Gasteiger charge is 2.04. The Kier molecular flexibility index (Phi) is 5.21. The van der Waals surface area contributed by atoms with Crippen molar-refractivity contribution in [2.24, 2.45) is 5.92 Å². The summed E-state index contributed by atoms with van der Waals surface area (Å²) < 4.78 is 0. The minimum atomic E-state index is 0. The van der Waals surface area contributed by atoms with Gasteiger partial charge < -0.3 is 5.32 Å². The molecule has 0 bridgehead atoms. The Hall–Kier alpha value is 0.250. The van der Waals surface area contributed by atoms with Gasteiger partial charge in [0.15, 0.2) is 0 Å². The van der Waals surface area contributed by atoms with Crippen molar-refractivity contribution in [2.75, 3.05) is 13.1 Å². The summed E-state index contributed by atoms with van der Waals surface area (Å²) in [6.07, 6.45) is 4.17. The molecule has 0 radical (unpaired) electrons. The summed E-state index contributed by atoms with van der Waals surface area (Å²) in [6.45, 7) is 4.82. The average molecular weight is 150 g/mol.